The van der Waals surface area contributed by atoms with Crippen LogP contribution < -0.4 is 0 Å². The van der Waals surface area contributed by atoms with Crippen LogP contribution in [0.25, 0.3) is 0 Å². The number of fused-ring (bicyclic) bond motifs is 1. The predicted octanol–water partition coefficient (Wildman–Crippen LogP) is 6.77. The Morgan fingerprint density at radius 3 is 2.00 bits per heavy atom. The minimum Gasteiger partial charge on any atom is -0.405 e. The van der Waals surface area contributed by atoms with Gasteiger partial charge in [-0.1, -0.05) is 65.8 Å². The molecule has 0 aromatic heterocycles. The summed E-state index contributed by atoms with van der Waals surface area (Å²) in [4.78, 5) is 1.70. The highest BCUT2D eigenvalue weighted by molar-refractivity contribution is 7.98. The Labute approximate surface area is 210 Å². The second kappa shape index (κ2) is 9.41. The minimum absolute atomic E-state index is 0.0943. The Hall–Kier alpha value is -2.09. The van der Waals surface area contributed by atoms with Crippen molar-refractivity contribution in [1.29, 1.82) is 0 Å². The van der Waals surface area contributed by atoms with E-state index < -0.39 is 19.9 Å². The minimum atomic E-state index is -4.25. The van der Waals surface area contributed by atoms with Crippen LogP contribution in [-0.4, -0.2) is 22.0 Å². The standard InChI is InChI=1S/C28H36O5S2/c1-17(2)22-15-26(18(3)4)28(27(16-22)19(5)6)34(29,24-11-12-24)33-23-9-7-21-14-25(35(30,31)32)10-8-20(21)13-23/h8-10,13-19,21H,7,11-12H2,1-6H3,(H,30,31,32). The van der Waals surface area contributed by atoms with Crippen molar-refractivity contribution >= 4 is 24.8 Å². The van der Waals surface area contributed by atoms with Crippen molar-refractivity contribution in [1.82, 2.24) is 0 Å². The van der Waals surface area contributed by atoms with Gasteiger partial charge >= 0.3 is 0 Å². The second-order valence-electron chi connectivity index (χ2n) is 10.6. The highest BCUT2D eigenvalue weighted by Gasteiger charge is 2.34. The number of rotatable bonds is 7. The monoisotopic (exact) mass is 516 g/mol. The van der Waals surface area contributed by atoms with Gasteiger partial charge in [0.1, 0.15) is 5.76 Å². The van der Waals surface area contributed by atoms with E-state index in [4.69, 9.17) is 4.18 Å². The van der Waals surface area contributed by atoms with E-state index >= 15 is 0 Å². The van der Waals surface area contributed by atoms with E-state index in [0.29, 0.717) is 18.1 Å². The van der Waals surface area contributed by atoms with Crippen LogP contribution in [0, 0.1) is 5.92 Å². The van der Waals surface area contributed by atoms with Crippen molar-refractivity contribution in [2.45, 2.75) is 83.5 Å². The molecule has 1 aromatic rings. The molecule has 35 heavy (non-hydrogen) atoms. The van der Waals surface area contributed by atoms with Crippen molar-refractivity contribution in [3.05, 3.63) is 75.4 Å². The normalized spacial score (nSPS) is 21.5. The fourth-order valence-corrected chi connectivity index (χ4v) is 7.91. The molecule has 7 heteroatoms. The Bertz CT molecular complexity index is 1360. The van der Waals surface area contributed by atoms with Gasteiger partial charge in [0.05, 0.1) is 9.80 Å². The van der Waals surface area contributed by atoms with Crippen molar-refractivity contribution in [3.8, 4) is 0 Å². The van der Waals surface area contributed by atoms with Gasteiger partial charge in [-0.15, -0.1) is 0 Å². The van der Waals surface area contributed by atoms with E-state index in [1.165, 1.54) is 11.6 Å². The molecule has 5 nitrogen and oxygen atoms in total. The summed E-state index contributed by atoms with van der Waals surface area (Å²) in [5.41, 5.74) is 4.30. The summed E-state index contributed by atoms with van der Waals surface area (Å²) in [7, 11) is -7.16. The number of hydrogen-bond donors (Lipinski definition) is 1. The zero-order valence-electron chi connectivity index (χ0n) is 21.4. The molecule has 2 atom stereocenters. The Balaban J connectivity index is 1.79. The highest BCUT2D eigenvalue weighted by atomic mass is 32.2. The predicted molar refractivity (Wildman–Crippen MR) is 143 cm³/mol. The summed E-state index contributed by atoms with van der Waals surface area (Å²) in [5.74, 6) is 1.13. The lowest BCUT2D eigenvalue weighted by atomic mass is 9.88. The van der Waals surface area contributed by atoms with Gasteiger partial charge in [-0.25, -0.2) is 4.21 Å². The maximum absolute atomic E-state index is 14.8. The van der Waals surface area contributed by atoms with Gasteiger partial charge in [0.15, 0.2) is 9.80 Å². The summed E-state index contributed by atoms with van der Waals surface area (Å²) >= 11 is 0. The molecule has 4 rings (SSSR count). The zero-order valence-corrected chi connectivity index (χ0v) is 23.0. The van der Waals surface area contributed by atoms with Gasteiger partial charge in [0.25, 0.3) is 10.1 Å². The van der Waals surface area contributed by atoms with Crippen LogP contribution in [0.4, 0.5) is 0 Å². The number of hydrogen-bond acceptors (Lipinski definition) is 4. The molecule has 0 amide bonds. The molecule has 0 aliphatic heterocycles. The first-order valence-electron chi connectivity index (χ1n) is 12.4. The van der Waals surface area contributed by atoms with Crippen LogP contribution in [0.2, 0.25) is 0 Å². The molecule has 0 heterocycles. The van der Waals surface area contributed by atoms with Crippen LogP contribution in [0.5, 0.6) is 0 Å². The molecule has 0 radical (unpaired) electrons. The summed E-state index contributed by atoms with van der Waals surface area (Å²) in [6, 6.07) is 4.41. The molecule has 3 aliphatic rings. The maximum Gasteiger partial charge on any atom is 0.294 e. The molecule has 1 aromatic carbocycles. The summed E-state index contributed by atoms with van der Waals surface area (Å²) in [6.45, 7) is 12.9. The first-order chi connectivity index (χ1) is 16.3. The van der Waals surface area contributed by atoms with Crippen LogP contribution in [0.15, 0.2) is 63.6 Å². The fourth-order valence-electron chi connectivity index (χ4n) is 4.61. The topological polar surface area (TPSA) is 80.7 Å². The summed E-state index contributed by atoms with van der Waals surface area (Å²) < 4.78 is 53.7. The first kappa shape index (κ1) is 26.0. The van der Waals surface area contributed by atoms with Crippen LogP contribution in [0.1, 0.15) is 95.2 Å². The third-order valence-electron chi connectivity index (χ3n) is 6.81. The number of allylic oxidation sites excluding steroid dienone is 6. The molecule has 0 spiro atoms. The van der Waals surface area contributed by atoms with Crippen molar-refractivity contribution < 1.29 is 21.4 Å². The first-order valence-corrected chi connectivity index (χ1v) is 15.3. The van der Waals surface area contributed by atoms with Gasteiger partial charge in [0.2, 0.25) is 0 Å². The average molecular weight is 517 g/mol. The van der Waals surface area contributed by atoms with Crippen LogP contribution >= 0.6 is 0 Å². The second-order valence-corrected chi connectivity index (χ2v) is 14.2. The van der Waals surface area contributed by atoms with Gasteiger partial charge < -0.3 is 4.18 Å². The lowest BCUT2D eigenvalue weighted by Gasteiger charge is -2.28. The molecule has 0 saturated heterocycles. The third-order valence-corrected chi connectivity index (χ3v) is 10.3. The van der Waals surface area contributed by atoms with E-state index in [9.17, 15) is 17.2 Å². The SMILES string of the molecule is CC(C)c1cc(C(C)C)c(S(=O)(OC2=CCC3C=C(S(=O)(=O)O)C=CC3=C2)=C2CC2)c(C(C)C)c1. The molecule has 190 valence electrons. The maximum atomic E-state index is 14.8. The third kappa shape index (κ3) is 5.23. The quantitative estimate of drug-likeness (QED) is 0.319. The molecule has 3 aliphatic carbocycles. The van der Waals surface area contributed by atoms with Crippen molar-refractivity contribution in [3.63, 3.8) is 0 Å². The van der Waals surface area contributed by atoms with E-state index in [1.54, 1.807) is 12.2 Å². The average Bonchev–Trinajstić information content (AvgIpc) is 3.63. The molecule has 1 saturated carbocycles. The molecule has 2 unspecified atom stereocenters. The molecular weight excluding hydrogens is 480 g/mol. The largest absolute Gasteiger partial charge is 0.405 e. The molecule has 0 bridgehead atoms. The van der Waals surface area contributed by atoms with E-state index in [-0.39, 0.29) is 22.7 Å². The molecule has 1 N–H and O–H groups in total. The van der Waals surface area contributed by atoms with Crippen molar-refractivity contribution in [2.24, 2.45) is 5.92 Å². The molecule has 1 fully saturated rings. The highest BCUT2D eigenvalue weighted by Crippen LogP contribution is 2.41. The van der Waals surface area contributed by atoms with Crippen molar-refractivity contribution in [2.75, 3.05) is 0 Å². The van der Waals surface area contributed by atoms with Crippen LogP contribution in [-0.2, 0) is 24.1 Å². The summed E-state index contributed by atoms with van der Waals surface area (Å²) in [5, 5.41) is 0. The lowest BCUT2D eigenvalue weighted by molar-refractivity contribution is 0.457. The number of benzene rings is 1. The molecular formula is C28H36O5S2. The van der Waals surface area contributed by atoms with E-state index in [1.807, 2.05) is 12.2 Å². The Kier molecular flexibility index (Phi) is 6.99. The zero-order chi connectivity index (χ0) is 25.7. The van der Waals surface area contributed by atoms with Gasteiger partial charge in [0, 0.05) is 10.8 Å². The van der Waals surface area contributed by atoms with Gasteiger partial charge in [-0.05, 0) is 77.5 Å². The van der Waals surface area contributed by atoms with Gasteiger partial charge in [-0.3, -0.25) is 4.55 Å². The Morgan fingerprint density at radius 1 is 0.914 bits per heavy atom. The Morgan fingerprint density at radius 2 is 1.51 bits per heavy atom. The van der Waals surface area contributed by atoms with Crippen LogP contribution in [0.3, 0.4) is 0 Å². The summed E-state index contributed by atoms with van der Waals surface area (Å²) in [6.07, 6.45) is 10.5. The lowest BCUT2D eigenvalue weighted by Crippen LogP contribution is -2.19. The van der Waals surface area contributed by atoms with E-state index in [0.717, 1.165) is 39.3 Å². The van der Waals surface area contributed by atoms with Gasteiger partial charge in [-0.2, -0.15) is 8.42 Å². The van der Waals surface area contributed by atoms with E-state index in [2.05, 4.69) is 53.7 Å². The fraction of sp³-hybridized carbons (Fsp3) is 0.464. The smallest absolute Gasteiger partial charge is 0.294 e.